The Labute approximate surface area is 119 Å². The number of halogens is 1. The molecule has 3 rings (SSSR count). The minimum Gasteiger partial charge on any atom is -0.423 e. The van der Waals surface area contributed by atoms with Gasteiger partial charge in [0.2, 0.25) is 0 Å². The first-order valence-electron chi connectivity index (χ1n) is 7.01. The van der Waals surface area contributed by atoms with Gasteiger partial charge in [-0.1, -0.05) is 32.9 Å². The van der Waals surface area contributed by atoms with Crippen molar-refractivity contribution in [3.8, 4) is 11.5 Å². The molecular formula is C16H22FNO2. The maximum absolute atomic E-state index is 13.5. The summed E-state index contributed by atoms with van der Waals surface area (Å²) in [6, 6.07) is 3.34. The second kappa shape index (κ2) is 5.00. The lowest BCUT2D eigenvalue weighted by Crippen LogP contribution is -2.27. The zero-order valence-electron chi connectivity index (χ0n) is 12.3. The number of allylic oxidation sites excluding steroid dienone is 1. The largest absolute Gasteiger partial charge is 0.423 e. The summed E-state index contributed by atoms with van der Waals surface area (Å²) in [5, 5.41) is 0. The Hall–Kier alpha value is -1.71. The molecule has 1 aliphatic heterocycles. The van der Waals surface area contributed by atoms with Crippen LogP contribution in [0, 0.1) is 0 Å². The molecule has 0 bridgehead atoms. The van der Waals surface area contributed by atoms with Crippen molar-refractivity contribution >= 4 is 0 Å². The fourth-order valence-electron chi connectivity index (χ4n) is 2.30. The van der Waals surface area contributed by atoms with Crippen LogP contribution in [0.1, 0.15) is 45.6 Å². The molecule has 0 aromatic heterocycles. The maximum Gasteiger partial charge on any atom is 0.404 e. The zero-order valence-corrected chi connectivity index (χ0v) is 12.3. The van der Waals surface area contributed by atoms with Crippen LogP contribution < -0.4 is 15.2 Å². The Kier molecular flexibility index (Phi) is 3.67. The fraction of sp³-hybridized carbons (Fsp3) is 0.500. The number of alkyl halides is 1. The summed E-state index contributed by atoms with van der Waals surface area (Å²) in [6.45, 7) is 9.31. The highest BCUT2D eigenvalue weighted by molar-refractivity contribution is 5.51. The summed E-state index contributed by atoms with van der Waals surface area (Å²) in [4.78, 5) is 0. The van der Waals surface area contributed by atoms with Gasteiger partial charge in [0.1, 0.15) is 0 Å². The lowest BCUT2D eigenvalue weighted by molar-refractivity contribution is -0.173. The summed E-state index contributed by atoms with van der Waals surface area (Å²) < 4.78 is 23.6. The molecule has 1 aromatic carbocycles. The predicted molar refractivity (Wildman–Crippen MR) is 77.4 cm³/mol. The smallest absolute Gasteiger partial charge is 0.404 e. The van der Waals surface area contributed by atoms with E-state index in [1.54, 1.807) is 12.1 Å². The Bertz CT molecular complexity index is 521. The molecular weight excluding hydrogens is 257 g/mol. The van der Waals surface area contributed by atoms with E-state index in [0.29, 0.717) is 17.2 Å². The highest BCUT2D eigenvalue weighted by atomic mass is 19.2. The highest BCUT2D eigenvalue weighted by Crippen LogP contribution is 2.54. The molecule has 0 amide bonds. The van der Waals surface area contributed by atoms with Gasteiger partial charge in [0.25, 0.3) is 0 Å². The van der Waals surface area contributed by atoms with Crippen molar-refractivity contribution < 1.29 is 13.9 Å². The van der Waals surface area contributed by atoms with Gasteiger partial charge >= 0.3 is 6.04 Å². The quantitative estimate of drug-likeness (QED) is 0.889. The molecule has 4 heteroatoms. The van der Waals surface area contributed by atoms with Crippen LogP contribution in [-0.4, -0.2) is 6.04 Å². The second-order valence-corrected chi connectivity index (χ2v) is 5.51. The van der Waals surface area contributed by atoms with Crippen molar-refractivity contribution in [3.63, 3.8) is 0 Å². The summed E-state index contributed by atoms with van der Waals surface area (Å²) in [7, 11) is 0. The summed E-state index contributed by atoms with van der Waals surface area (Å²) in [5.41, 5.74) is 7.35. The molecule has 2 aliphatic rings. The van der Waals surface area contributed by atoms with E-state index in [2.05, 4.69) is 20.4 Å². The molecule has 3 nitrogen and oxygen atoms in total. The topological polar surface area (TPSA) is 44.5 Å². The molecule has 110 valence electrons. The molecule has 2 N–H and O–H groups in total. The molecule has 1 unspecified atom stereocenters. The number of nitrogens with two attached hydrogens (primary N) is 1. The monoisotopic (exact) mass is 279 g/mol. The van der Waals surface area contributed by atoms with Crippen LogP contribution in [0.25, 0.3) is 0 Å². The van der Waals surface area contributed by atoms with Crippen LogP contribution in [0.3, 0.4) is 0 Å². The first-order chi connectivity index (χ1) is 9.34. The van der Waals surface area contributed by atoms with Gasteiger partial charge in [0, 0.05) is 18.0 Å². The van der Waals surface area contributed by atoms with Gasteiger partial charge in [-0.2, -0.15) is 4.39 Å². The molecule has 0 saturated heterocycles. The Balaban J connectivity index is 0.000000452. The third-order valence-corrected chi connectivity index (χ3v) is 3.45. The average molecular weight is 279 g/mol. The van der Waals surface area contributed by atoms with Crippen LogP contribution in [-0.2, 0) is 5.41 Å². The van der Waals surface area contributed by atoms with Crippen LogP contribution in [0.5, 0.6) is 11.5 Å². The maximum atomic E-state index is 13.5. The van der Waals surface area contributed by atoms with Crippen LogP contribution in [0.15, 0.2) is 30.5 Å². The van der Waals surface area contributed by atoms with Crippen molar-refractivity contribution in [2.75, 3.05) is 0 Å². The third-order valence-electron chi connectivity index (χ3n) is 3.45. The predicted octanol–water partition coefficient (Wildman–Crippen LogP) is 4.02. The summed E-state index contributed by atoms with van der Waals surface area (Å²) in [5.74, 6) is 0.859. The van der Waals surface area contributed by atoms with E-state index in [1.807, 2.05) is 6.07 Å². The van der Waals surface area contributed by atoms with E-state index in [1.165, 1.54) is 13.3 Å². The average Bonchev–Trinajstić information content (AvgIpc) is 3.08. The normalized spacial score (nSPS) is 24.6. The Morgan fingerprint density at radius 1 is 1.30 bits per heavy atom. The first kappa shape index (κ1) is 14.7. The van der Waals surface area contributed by atoms with Gasteiger partial charge in [0.05, 0.1) is 0 Å². The number of ether oxygens (including phenoxy) is 2. The highest BCUT2D eigenvalue weighted by Gasteiger charge is 2.47. The van der Waals surface area contributed by atoms with Gasteiger partial charge in [-0.3, -0.25) is 0 Å². The van der Waals surface area contributed by atoms with E-state index in [9.17, 15) is 4.39 Å². The van der Waals surface area contributed by atoms with Crippen molar-refractivity contribution in [1.29, 1.82) is 0 Å². The van der Waals surface area contributed by atoms with Gasteiger partial charge in [-0.15, -0.1) is 0 Å². The molecule has 1 aromatic rings. The minimum atomic E-state index is -2.07. The van der Waals surface area contributed by atoms with Crippen molar-refractivity contribution in [2.24, 2.45) is 5.73 Å². The third kappa shape index (κ3) is 2.60. The number of fused-ring (bicyclic) bond motifs is 1. The molecule has 1 saturated carbocycles. The van der Waals surface area contributed by atoms with Gasteiger partial charge in [0.15, 0.2) is 11.5 Å². The Morgan fingerprint density at radius 2 is 1.85 bits per heavy atom. The van der Waals surface area contributed by atoms with Crippen LogP contribution in [0.4, 0.5) is 4.39 Å². The van der Waals surface area contributed by atoms with Crippen LogP contribution in [0.2, 0.25) is 0 Å². The summed E-state index contributed by atoms with van der Waals surface area (Å²) >= 11 is 0. The molecule has 1 atom stereocenters. The van der Waals surface area contributed by atoms with E-state index >= 15 is 0 Å². The van der Waals surface area contributed by atoms with E-state index in [4.69, 9.17) is 15.2 Å². The van der Waals surface area contributed by atoms with Gasteiger partial charge in [-0.05, 0) is 30.5 Å². The lowest BCUT2D eigenvalue weighted by atomic mass is 9.93. The minimum absolute atomic E-state index is 0.145. The Morgan fingerprint density at radius 3 is 2.35 bits per heavy atom. The molecule has 0 radical (unpaired) electrons. The van der Waals surface area contributed by atoms with Gasteiger partial charge < -0.3 is 15.2 Å². The first-order valence-corrected chi connectivity index (χ1v) is 7.01. The molecule has 1 heterocycles. The van der Waals surface area contributed by atoms with Crippen molar-refractivity contribution in [3.05, 3.63) is 36.0 Å². The number of hydrogen-bond acceptors (Lipinski definition) is 3. The number of hydrogen-bond donors (Lipinski definition) is 1. The van der Waals surface area contributed by atoms with E-state index in [0.717, 1.165) is 18.4 Å². The molecule has 0 spiro atoms. The SMILES string of the molecule is C=C(N)C1(c2ccc3c(c2)OC(C)(F)O3)CC1.CCC. The van der Waals surface area contributed by atoms with Crippen molar-refractivity contribution in [1.82, 2.24) is 0 Å². The van der Waals surface area contributed by atoms with E-state index in [-0.39, 0.29) is 5.41 Å². The van der Waals surface area contributed by atoms with Gasteiger partial charge in [-0.25, -0.2) is 0 Å². The fourth-order valence-corrected chi connectivity index (χ4v) is 2.30. The molecule has 20 heavy (non-hydrogen) atoms. The summed E-state index contributed by atoms with van der Waals surface area (Å²) in [6.07, 6.45) is 3.21. The molecule has 1 fully saturated rings. The standard InChI is InChI=1S/C13H14FNO2.C3H8/c1-8(15)13(5-6-13)9-3-4-10-11(7-9)17-12(2,14)16-10;1-3-2/h3-4,7H,1,5-6,15H2,2H3;3H2,1-2H3. The lowest BCUT2D eigenvalue weighted by Gasteiger charge is -2.15. The second-order valence-electron chi connectivity index (χ2n) is 5.51. The van der Waals surface area contributed by atoms with Crippen LogP contribution >= 0.6 is 0 Å². The number of rotatable bonds is 2. The zero-order chi connectivity index (χ0) is 15.0. The van der Waals surface area contributed by atoms with Crippen molar-refractivity contribution in [2.45, 2.75) is 51.5 Å². The molecule has 1 aliphatic carbocycles. The van der Waals surface area contributed by atoms with E-state index < -0.39 is 6.04 Å². The number of benzene rings is 1.